The zero-order valence-electron chi connectivity index (χ0n) is 10.8. The molecule has 0 saturated heterocycles. The Hall–Kier alpha value is -3.15. The molecule has 3 rings (SSSR count). The second-order valence-corrected chi connectivity index (χ2v) is 4.41. The number of nitro benzene ring substituents is 1. The fourth-order valence-electron chi connectivity index (χ4n) is 1.99. The van der Waals surface area contributed by atoms with Crippen LogP contribution in [0.4, 0.5) is 5.69 Å². The molecule has 0 bridgehead atoms. The van der Waals surface area contributed by atoms with Gasteiger partial charge in [0, 0.05) is 17.5 Å². The normalized spacial score (nSPS) is 10.5. The monoisotopic (exact) mass is 282 g/mol. The van der Waals surface area contributed by atoms with Crippen LogP contribution in [0, 0.1) is 10.1 Å². The van der Waals surface area contributed by atoms with Crippen LogP contribution < -0.4 is 4.74 Å². The van der Waals surface area contributed by atoms with Gasteiger partial charge in [0.1, 0.15) is 11.4 Å². The highest BCUT2D eigenvalue weighted by Gasteiger charge is 2.14. The van der Waals surface area contributed by atoms with Gasteiger partial charge >= 0.3 is 5.97 Å². The lowest BCUT2D eigenvalue weighted by atomic mass is 10.2. The van der Waals surface area contributed by atoms with E-state index < -0.39 is 10.9 Å². The van der Waals surface area contributed by atoms with Gasteiger partial charge in [0.25, 0.3) is 5.69 Å². The summed E-state index contributed by atoms with van der Waals surface area (Å²) in [5.74, 6) is -0.104. The summed E-state index contributed by atoms with van der Waals surface area (Å²) < 4.78 is 5.20. The molecule has 1 aromatic heterocycles. The van der Waals surface area contributed by atoms with Crippen LogP contribution in [0.25, 0.3) is 10.9 Å². The van der Waals surface area contributed by atoms with E-state index in [9.17, 15) is 14.9 Å². The molecule has 104 valence electrons. The standard InChI is InChI=1S/C15H10N2O4/c18-15(21-12-4-2-1-3-5-12)14-8-10-6-7-11(17(19)20)9-13(10)16-14/h1-9,16H. The largest absolute Gasteiger partial charge is 0.422 e. The first kappa shape index (κ1) is 12.9. The number of nitrogens with zero attached hydrogens (tertiary/aromatic N) is 1. The maximum absolute atomic E-state index is 12.0. The minimum absolute atomic E-state index is 0.0349. The van der Waals surface area contributed by atoms with Crippen molar-refractivity contribution in [2.24, 2.45) is 0 Å². The number of aromatic nitrogens is 1. The first-order valence-electron chi connectivity index (χ1n) is 6.18. The number of nitrogens with one attached hydrogen (secondary N) is 1. The summed E-state index contributed by atoms with van der Waals surface area (Å²) in [6.45, 7) is 0. The number of esters is 1. The number of hydrogen-bond acceptors (Lipinski definition) is 4. The van der Waals surface area contributed by atoms with Gasteiger partial charge in [-0.3, -0.25) is 10.1 Å². The Morgan fingerprint density at radius 2 is 1.86 bits per heavy atom. The number of rotatable bonds is 3. The average molecular weight is 282 g/mol. The van der Waals surface area contributed by atoms with Crippen LogP contribution in [0.2, 0.25) is 0 Å². The number of carbonyl (C=O) groups is 1. The van der Waals surface area contributed by atoms with E-state index in [-0.39, 0.29) is 11.4 Å². The van der Waals surface area contributed by atoms with Crippen LogP contribution in [0.15, 0.2) is 54.6 Å². The maximum atomic E-state index is 12.0. The van der Waals surface area contributed by atoms with E-state index >= 15 is 0 Å². The van der Waals surface area contributed by atoms with Crippen LogP contribution in [-0.2, 0) is 0 Å². The Balaban J connectivity index is 1.90. The molecule has 2 aromatic carbocycles. The fourth-order valence-corrected chi connectivity index (χ4v) is 1.99. The molecule has 0 aliphatic carbocycles. The molecule has 0 radical (unpaired) electrons. The minimum Gasteiger partial charge on any atom is -0.422 e. The highest BCUT2D eigenvalue weighted by molar-refractivity contribution is 5.96. The quantitative estimate of drug-likeness (QED) is 0.345. The van der Waals surface area contributed by atoms with Gasteiger partial charge in [0.15, 0.2) is 0 Å². The molecule has 0 unspecified atom stereocenters. The number of non-ortho nitro benzene ring substituents is 1. The van der Waals surface area contributed by atoms with E-state index in [0.29, 0.717) is 16.7 Å². The third-order valence-corrected chi connectivity index (χ3v) is 2.99. The van der Waals surface area contributed by atoms with Crippen molar-refractivity contribution in [1.29, 1.82) is 0 Å². The lowest BCUT2D eigenvalue weighted by Crippen LogP contribution is -2.08. The number of nitro groups is 1. The minimum atomic E-state index is -0.542. The topological polar surface area (TPSA) is 85.2 Å². The molecule has 0 amide bonds. The number of aromatic amines is 1. The highest BCUT2D eigenvalue weighted by Crippen LogP contribution is 2.22. The smallest absolute Gasteiger partial charge is 0.360 e. The van der Waals surface area contributed by atoms with E-state index in [2.05, 4.69) is 4.98 Å². The van der Waals surface area contributed by atoms with E-state index in [1.54, 1.807) is 36.4 Å². The summed E-state index contributed by atoms with van der Waals surface area (Å²) in [5, 5.41) is 11.4. The molecule has 6 nitrogen and oxygen atoms in total. The molecule has 1 heterocycles. The van der Waals surface area contributed by atoms with Gasteiger partial charge in [-0.05, 0) is 24.3 Å². The zero-order valence-corrected chi connectivity index (χ0v) is 10.8. The number of H-pyrrole nitrogens is 1. The van der Waals surface area contributed by atoms with Crippen molar-refractivity contribution in [3.63, 3.8) is 0 Å². The number of hydrogen-bond donors (Lipinski definition) is 1. The summed E-state index contributed by atoms with van der Waals surface area (Å²) >= 11 is 0. The zero-order chi connectivity index (χ0) is 14.8. The van der Waals surface area contributed by atoms with Crippen molar-refractivity contribution < 1.29 is 14.5 Å². The summed E-state index contributed by atoms with van der Waals surface area (Å²) in [4.78, 5) is 25.1. The van der Waals surface area contributed by atoms with Crippen LogP contribution in [0.3, 0.4) is 0 Å². The molecule has 0 aliphatic rings. The Morgan fingerprint density at radius 1 is 1.10 bits per heavy atom. The molecular formula is C15H10N2O4. The predicted octanol–water partition coefficient (Wildman–Crippen LogP) is 3.30. The number of benzene rings is 2. The van der Waals surface area contributed by atoms with Crippen molar-refractivity contribution in [1.82, 2.24) is 4.98 Å². The fraction of sp³-hybridized carbons (Fsp3) is 0. The van der Waals surface area contributed by atoms with Crippen molar-refractivity contribution in [3.8, 4) is 5.75 Å². The molecule has 0 atom stereocenters. The Bertz CT molecular complexity index is 824. The van der Waals surface area contributed by atoms with Gasteiger partial charge in [-0.25, -0.2) is 4.79 Å². The second kappa shape index (κ2) is 5.09. The molecule has 21 heavy (non-hydrogen) atoms. The number of fused-ring (bicyclic) bond motifs is 1. The van der Waals surface area contributed by atoms with Gasteiger partial charge < -0.3 is 9.72 Å². The molecule has 1 N–H and O–H groups in total. The van der Waals surface area contributed by atoms with Crippen LogP contribution >= 0.6 is 0 Å². The first-order valence-corrected chi connectivity index (χ1v) is 6.18. The lowest BCUT2D eigenvalue weighted by Gasteiger charge is -2.01. The summed E-state index contributed by atoms with van der Waals surface area (Å²) in [7, 11) is 0. The number of carbonyl (C=O) groups excluding carboxylic acids is 1. The second-order valence-electron chi connectivity index (χ2n) is 4.41. The summed E-state index contributed by atoms with van der Waals surface area (Å²) in [6.07, 6.45) is 0. The van der Waals surface area contributed by atoms with E-state index in [1.807, 2.05) is 6.07 Å². The Morgan fingerprint density at radius 3 is 2.57 bits per heavy atom. The summed E-state index contributed by atoms with van der Waals surface area (Å²) in [6, 6.07) is 14.6. The van der Waals surface area contributed by atoms with Crippen molar-refractivity contribution in [3.05, 3.63) is 70.4 Å². The van der Waals surface area contributed by atoms with Gasteiger partial charge in [-0.2, -0.15) is 0 Å². The first-order chi connectivity index (χ1) is 10.1. The SMILES string of the molecule is O=C(Oc1ccccc1)c1cc2ccc([N+](=O)[O-])cc2[nH]1. The number of para-hydroxylation sites is 1. The average Bonchev–Trinajstić information content (AvgIpc) is 2.91. The van der Waals surface area contributed by atoms with Gasteiger partial charge in [0.05, 0.1) is 10.4 Å². The third-order valence-electron chi connectivity index (χ3n) is 2.99. The van der Waals surface area contributed by atoms with E-state index in [4.69, 9.17) is 4.74 Å². The molecule has 3 aromatic rings. The molecule has 6 heteroatoms. The van der Waals surface area contributed by atoms with Gasteiger partial charge in [0.2, 0.25) is 0 Å². The molecular weight excluding hydrogens is 272 g/mol. The Kier molecular flexibility index (Phi) is 3.12. The van der Waals surface area contributed by atoms with Gasteiger partial charge in [-0.1, -0.05) is 18.2 Å². The van der Waals surface area contributed by atoms with Crippen LogP contribution in [0.1, 0.15) is 10.5 Å². The van der Waals surface area contributed by atoms with E-state index in [0.717, 1.165) is 0 Å². The molecule has 0 fully saturated rings. The number of ether oxygens (including phenoxy) is 1. The summed E-state index contributed by atoms with van der Waals surface area (Å²) in [5.41, 5.74) is 0.728. The third kappa shape index (κ3) is 2.59. The van der Waals surface area contributed by atoms with Crippen LogP contribution in [0.5, 0.6) is 5.75 Å². The van der Waals surface area contributed by atoms with Crippen LogP contribution in [-0.4, -0.2) is 15.9 Å². The lowest BCUT2D eigenvalue weighted by molar-refractivity contribution is -0.384. The van der Waals surface area contributed by atoms with Crippen molar-refractivity contribution in [2.45, 2.75) is 0 Å². The van der Waals surface area contributed by atoms with Gasteiger partial charge in [-0.15, -0.1) is 0 Å². The van der Waals surface area contributed by atoms with E-state index in [1.165, 1.54) is 12.1 Å². The molecule has 0 aliphatic heterocycles. The Labute approximate surface area is 119 Å². The van der Waals surface area contributed by atoms with Crippen molar-refractivity contribution in [2.75, 3.05) is 0 Å². The highest BCUT2D eigenvalue weighted by atomic mass is 16.6. The molecule has 0 spiro atoms. The van der Waals surface area contributed by atoms with Crippen molar-refractivity contribution >= 4 is 22.6 Å². The molecule has 0 saturated carbocycles. The predicted molar refractivity (Wildman–Crippen MR) is 76.4 cm³/mol. The maximum Gasteiger partial charge on any atom is 0.360 e.